The number of halogens is 2. The first-order valence-corrected chi connectivity index (χ1v) is 9.91. The maximum Gasteiger partial charge on any atom is 0.268 e. The van der Waals surface area contributed by atoms with Crippen molar-refractivity contribution in [3.8, 4) is 0 Å². The maximum absolute atomic E-state index is 13.1. The average Bonchev–Trinajstić information content (AvgIpc) is 3.08. The highest BCUT2D eigenvalue weighted by Gasteiger charge is 2.19. The molecule has 0 bridgehead atoms. The number of rotatable bonds is 4. The number of aromatic nitrogens is 1. The Hall–Kier alpha value is -2.83. The van der Waals surface area contributed by atoms with Crippen LogP contribution in [0.15, 0.2) is 83.9 Å². The first kappa shape index (κ1) is 17.6. The van der Waals surface area contributed by atoms with Gasteiger partial charge in [0.15, 0.2) is 0 Å². The summed E-state index contributed by atoms with van der Waals surface area (Å²) < 4.78 is 40.1. The van der Waals surface area contributed by atoms with Crippen LogP contribution in [0.1, 0.15) is 0 Å². The van der Waals surface area contributed by atoms with E-state index in [-0.39, 0.29) is 10.7 Å². The first-order chi connectivity index (χ1) is 12.9. The summed E-state index contributed by atoms with van der Waals surface area (Å²) in [4.78, 5) is 0.201. The molecular formula is C20H14ClFN2O2S. The second-order valence-corrected chi connectivity index (χ2v) is 8.17. The van der Waals surface area contributed by atoms with Crippen molar-refractivity contribution in [3.63, 3.8) is 0 Å². The normalized spacial score (nSPS) is 11.6. The van der Waals surface area contributed by atoms with Gasteiger partial charge in [0.05, 0.1) is 21.1 Å². The van der Waals surface area contributed by atoms with Crippen LogP contribution in [0.2, 0.25) is 5.02 Å². The molecule has 136 valence electrons. The summed E-state index contributed by atoms with van der Waals surface area (Å²) in [6.07, 6.45) is 1.50. The maximum atomic E-state index is 13.1. The third kappa shape index (κ3) is 3.29. The number of anilines is 2. The molecular weight excluding hydrogens is 387 g/mol. The lowest BCUT2D eigenvalue weighted by Crippen LogP contribution is -2.11. The number of hydrogen-bond donors (Lipinski definition) is 1. The summed E-state index contributed by atoms with van der Waals surface area (Å²) in [7, 11) is -3.72. The molecule has 0 aliphatic rings. The summed E-state index contributed by atoms with van der Waals surface area (Å²) in [5.74, 6) is -0.328. The third-order valence-corrected chi connectivity index (χ3v) is 6.18. The molecule has 0 aliphatic carbocycles. The Morgan fingerprint density at radius 1 is 0.926 bits per heavy atom. The van der Waals surface area contributed by atoms with E-state index in [1.807, 2.05) is 0 Å². The molecule has 0 atom stereocenters. The monoisotopic (exact) mass is 400 g/mol. The molecule has 4 rings (SSSR count). The predicted octanol–water partition coefficient (Wildman–Crippen LogP) is 5.41. The van der Waals surface area contributed by atoms with Crippen molar-refractivity contribution < 1.29 is 12.8 Å². The van der Waals surface area contributed by atoms with Gasteiger partial charge in [0.2, 0.25) is 0 Å². The van der Waals surface area contributed by atoms with E-state index in [0.717, 1.165) is 0 Å². The molecule has 0 fully saturated rings. The van der Waals surface area contributed by atoms with E-state index in [2.05, 4.69) is 5.32 Å². The molecule has 3 aromatic carbocycles. The molecule has 0 spiro atoms. The Morgan fingerprint density at radius 2 is 1.63 bits per heavy atom. The van der Waals surface area contributed by atoms with Crippen molar-refractivity contribution in [1.29, 1.82) is 0 Å². The van der Waals surface area contributed by atoms with Crippen LogP contribution in [-0.2, 0) is 10.0 Å². The minimum absolute atomic E-state index is 0.201. The van der Waals surface area contributed by atoms with Crippen LogP contribution >= 0.6 is 11.6 Å². The van der Waals surface area contributed by atoms with Crippen LogP contribution in [0.25, 0.3) is 10.9 Å². The van der Waals surface area contributed by atoms with Gasteiger partial charge in [0.25, 0.3) is 10.0 Å². The fourth-order valence-electron chi connectivity index (χ4n) is 2.83. The molecule has 1 aromatic heterocycles. The summed E-state index contributed by atoms with van der Waals surface area (Å²) in [5.41, 5.74) is 1.76. The van der Waals surface area contributed by atoms with E-state index < -0.39 is 10.0 Å². The Labute approximate surface area is 160 Å². The number of nitrogens with zero attached hydrogens (tertiary/aromatic N) is 1. The fourth-order valence-corrected chi connectivity index (χ4v) is 4.40. The van der Waals surface area contributed by atoms with Gasteiger partial charge in [-0.25, -0.2) is 16.8 Å². The van der Waals surface area contributed by atoms with E-state index in [1.165, 1.54) is 22.3 Å². The van der Waals surface area contributed by atoms with Crippen LogP contribution in [0, 0.1) is 5.82 Å². The standard InChI is InChI=1S/C20H14ClFN2O2S/c21-18-13-20-14(12-19(18)23-16-8-6-15(22)7-9-16)10-11-24(20)27(25,26)17-4-2-1-3-5-17/h1-13,23H. The van der Waals surface area contributed by atoms with E-state index in [4.69, 9.17) is 11.6 Å². The highest BCUT2D eigenvalue weighted by atomic mass is 35.5. The van der Waals surface area contributed by atoms with Gasteiger partial charge in [-0.05, 0) is 54.6 Å². The van der Waals surface area contributed by atoms with E-state index in [1.54, 1.807) is 60.7 Å². The largest absolute Gasteiger partial charge is 0.354 e. The van der Waals surface area contributed by atoms with Crippen LogP contribution in [0.3, 0.4) is 0 Å². The highest BCUT2D eigenvalue weighted by molar-refractivity contribution is 7.90. The number of fused-ring (bicyclic) bond motifs is 1. The Bertz CT molecular complexity index is 1220. The SMILES string of the molecule is O=S(=O)(c1ccccc1)n1ccc2cc(Nc3ccc(F)cc3)c(Cl)cc21. The first-order valence-electron chi connectivity index (χ1n) is 8.09. The van der Waals surface area contributed by atoms with Gasteiger partial charge >= 0.3 is 0 Å². The number of benzene rings is 3. The molecule has 4 aromatic rings. The molecule has 0 radical (unpaired) electrons. The number of nitrogens with one attached hydrogen (secondary N) is 1. The van der Waals surface area contributed by atoms with Crippen molar-refractivity contribution in [1.82, 2.24) is 3.97 Å². The van der Waals surface area contributed by atoms with E-state index in [9.17, 15) is 12.8 Å². The van der Waals surface area contributed by atoms with Crippen LogP contribution in [-0.4, -0.2) is 12.4 Å². The Morgan fingerprint density at radius 3 is 2.33 bits per heavy atom. The third-order valence-electron chi connectivity index (χ3n) is 4.17. The van der Waals surface area contributed by atoms with Crippen molar-refractivity contribution in [2.24, 2.45) is 0 Å². The van der Waals surface area contributed by atoms with Gasteiger partial charge in [-0.3, -0.25) is 0 Å². The molecule has 4 nitrogen and oxygen atoms in total. The minimum Gasteiger partial charge on any atom is -0.354 e. The molecule has 1 N–H and O–H groups in total. The summed E-state index contributed by atoms with van der Waals surface area (Å²) in [6.45, 7) is 0. The van der Waals surface area contributed by atoms with Crippen molar-refractivity contribution in [2.45, 2.75) is 4.90 Å². The topological polar surface area (TPSA) is 51.1 Å². The Kier molecular flexibility index (Phi) is 4.37. The van der Waals surface area contributed by atoms with E-state index in [0.29, 0.717) is 27.3 Å². The molecule has 27 heavy (non-hydrogen) atoms. The van der Waals surface area contributed by atoms with Crippen molar-refractivity contribution in [2.75, 3.05) is 5.32 Å². The fraction of sp³-hybridized carbons (Fsp3) is 0. The van der Waals surface area contributed by atoms with Crippen LogP contribution in [0.5, 0.6) is 0 Å². The lowest BCUT2D eigenvalue weighted by molar-refractivity contribution is 0.589. The van der Waals surface area contributed by atoms with Crippen LogP contribution < -0.4 is 5.32 Å². The van der Waals surface area contributed by atoms with Gasteiger partial charge in [0, 0.05) is 17.3 Å². The second kappa shape index (κ2) is 6.72. The zero-order valence-corrected chi connectivity index (χ0v) is 15.5. The van der Waals surface area contributed by atoms with Gasteiger partial charge in [0.1, 0.15) is 5.82 Å². The lowest BCUT2D eigenvalue weighted by Gasteiger charge is -2.11. The van der Waals surface area contributed by atoms with Gasteiger partial charge in [-0.15, -0.1) is 0 Å². The smallest absolute Gasteiger partial charge is 0.268 e. The molecule has 0 amide bonds. The summed E-state index contributed by atoms with van der Waals surface area (Å²) in [5, 5.41) is 4.18. The molecule has 7 heteroatoms. The average molecular weight is 401 g/mol. The van der Waals surface area contributed by atoms with Gasteiger partial charge in [-0.1, -0.05) is 29.8 Å². The second-order valence-electron chi connectivity index (χ2n) is 5.95. The number of hydrogen-bond acceptors (Lipinski definition) is 3. The van der Waals surface area contributed by atoms with E-state index >= 15 is 0 Å². The molecule has 0 unspecified atom stereocenters. The molecule has 0 saturated heterocycles. The van der Waals surface area contributed by atoms with Gasteiger partial charge in [-0.2, -0.15) is 0 Å². The van der Waals surface area contributed by atoms with Gasteiger partial charge < -0.3 is 5.32 Å². The lowest BCUT2D eigenvalue weighted by atomic mass is 10.2. The Balaban J connectivity index is 1.77. The molecule has 0 aliphatic heterocycles. The molecule has 0 saturated carbocycles. The highest BCUT2D eigenvalue weighted by Crippen LogP contribution is 2.32. The minimum atomic E-state index is -3.72. The van der Waals surface area contributed by atoms with Crippen molar-refractivity contribution >= 4 is 43.9 Å². The zero-order chi connectivity index (χ0) is 19.0. The molecule has 1 heterocycles. The summed E-state index contributed by atoms with van der Waals surface area (Å²) >= 11 is 6.36. The zero-order valence-electron chi connectivity index (χ0n) is 13.9. The summed E-state index contributed by atoms with van der Waals surface area (Å²) in [6, 6.07) is 19.2. The predicted molar refractivity (Wildman–Crippen MR) is 106 cm³/mol. The van der Waals surface area contributed by atoms with Crippen LogP contribution in [0.4, 0.5) is 15.8 Å². The quantitative estimate of drug-likeness (QED) is 0.498. The van der Waals surface area contributed by atoms with Crippen molar-refractivity contribution in [3.05, 3.63) is 89.8 Å².